The second kappa shape index (κ2) is 6.81. The molecule has 7 nitrogen and oxygen atoms in total. The number of halogens is 1. The molecule has 0 amide bonds. The molecule has 0 radical (unpaired) electrons. The molecule has 2 N–H and O–H groups in total. The Morgan fingerprint density at radius 2 is 1.68 bits per heavy atom. The van der Waals surface area contributed by atoms with Crippen molar-refractivity contribution in [3.05, 3.63) is 79.5 Å². The van der Waals surface area contributed by atoms with Gasteiger partial charge in [0.05, 0.1) is 34.8 Å². The highest BCUT2D eigenvalue weighted by molar-refractivity contribution is 6.01. The van der Waals surface area contributed by atoms with Crippen LogP contribution in [-0.2, 0) is 0 Å². The molecule has 5 aromatic heterocycles. The largest absolute Gasteiger partial charge is 0.352 e. The van der Waals surface area contributed by atoms with Crippen LogP contribution < -0.4 is 0 Å². The van der Waals surface area contributed by atoms with Crippen LogP contribution in [0, 0.1) is 5.82 Å². The van der Waals surface area contributed by atoms with E-state index in [-0.39, 0.29) is 5.82 Å². The van der Waals surface area contributed by atoms with Crippen molar-refractivity contribution < 1.29 is 4.39 Å². The number of hydrogen-bond donors (Lipinski definition) is 2. The van der Waals surface area contributed by atoms with E-state index in [2.05, 4.69) is 35.1 Å². The van der Waals surface area contributed by atoms with Gasteiger partial charge in [-0.2, -0.15) is 5.10 Å². The Morgan fingerprint density at radius 1 is 0.774 bits per heavy atom. The van der Waals surface area contributed by atoms with E-state index < -0.39 is 0 Å². The topological polar surface area (TPSA) is 96.0 Å². The molecule has 8 heteroatoms. The number of fused-ring (bicyclic) bond motifs is 2. The minimum Gasteiger partial charge on any atom is -0.352 e. The van der Waals surface area contributed by atoms with Crippen molar-refractivity contribution >= 4 is 21.8 Å². The van der Waals surface area contributed by atoms with Crippen molar-refractivity contribution in [3.8, 4) is 33.8 Å². The zero-order valence-corrected chi connectivity index (χ0v) is 16.0. The molecule has 0 bridgehead atoms. The molecule has 0 spiro atoms. The molecule has 5 heterocycles. The first-order valence-corrected chi connectivity index (χ1v) is 9.59. The Labute approximate surface area is 175 Å². The van der Waals surface area contributed by atoms with Gasteiger partial charge in [-0.3, -0.25) is 15.1 Å². The quantitative estimate of drug-likeness (QED) is 0.441. The number of aromatic amines is 2. The van der Waals surface area contributed by atoms with E-state index in [1.54, 1.807) is 37.1 Å². The van der Waals surface area contributed by atoms with E-state index in [9.17, 15) is 4.39 Å². The fraction of sp³-hybridized carbons (Fsp3) is 0. The number of hydrogen-bond acceptors (Lipinski definition) is 5. The summed E-state index contributed by atoms with van der Waals surface area (Å²) < 4.78 is 13.8. The van der Waals surface area contributed by atoms with Gasteiger partial charge >= 0.3 is 0 Å². The minimum absolute atomic E-state index is 0.284. The highest BCUT2D eigenvalue weighted by Gasteiger charge is 2.15. The molecule has 0 saturated carbocycles. The number of H-pyrrole nitrogens is 2. The third-order valence-electron chi connectivity index (χ3n) is 5.24. The monoisotopic (exact) mass is 407 g/mol. The number of rotatable bonds is 3. The summed E-state index contributed by atoms with van der Waals surface area (Å²) in [6.45, 7) is 0. The minimum atomic E-state index is -0.284. The Morgan fingerprint density at radius 3 is 2.55 bits per heavy atom. The lowest BCUT2D eigenvalue weighted by atomic mass is 10.0. The fourth-order valence-corrected chi connectivity index (χ4v) is 3.78. The summed E-state index contributed by atoms with van der Waals surface area (Å²) in [6.07, 6.45) is 10.2. The maximum absolute atomic E-state index is 13.8. The second-order valence-corrected chi connectivity index (χ2v) is 7.16. The molecule has 0 aliphatic heterocycles. The van der Waals surface area contributed by atoms with Crippen LogP contribution in [0.4, 0.5) is 4.39 Å². The predicted octanol–water partition coefficient (Wildman–Crippen LogP) is 4.76. The number of pyridine rings is 2. The van der Waals surface area contributed by atoms with Gasteiger partial charge in [0, 0.05) is 40.5 Å². The van der Waals surface area contributed by atoms with Crippen molar-refractivity contribution in [1.29, 1.82) is 0 Å². The average molecular weight is 407 g/mol. The summed E-state index contributed by atoms with van der Waals surface area (Å²) in [5.41, 5.74) is 6.45. The van der Waals surface area contributed by atoms with Crippen molar-refractivity contribution in [2.75, 3.05) is 0 Å². The molecule has 6 rings (SSSR count). The third kappa shape index (κ3) is 2.93. The molecule has 6 aromatic rings. The van der Waals surface area contributed by atoms with Crippen LogP contribution in [0.1, 0.15) is 0 Å². The number of nitrogens with one attached hydrogen (secondary N) is 2. The van der Waals surface area contributed by atoms with Gasteiger partial charge < -0.3 is 4.98 Å². The van der Waals surface area contributed by atoms with E-state index in [4.69, 9.17) is 0 Å². The molecular formula is C23H14FN7. The van der Waals surface area contributed by atoms with E-state index in [1.165, 1.54) is 18.5 Å². The van der Waals surface area contributed by atoms with Gasteiger partial charge in [0.1, 0.15) is 17.8 Å². The zero-order valence-electron chi connectivity index (χ0n) is 16.0. The van der Waals surface area contributed by atoms with Crippen molar-refractivity contribution in [2.24, 2.45) is 0 Å². The molecule has 0 aliphatic rings. The Hall–Kier alpha value is -4.46. The normalized spacial score (nSPS) is 11.4. The van der Waals surface area contributed by atoms with E-state index in [1.807, 2.05) is 18.2 Å². The Bertz CT molecular complexity index is 1550. The van der Waals surface area contributed by atoms with Crippen LogP contribution in [0.3, 0.4) is 0 Å². The lowest BCUT2D eigenvalue weighted by molar-refractivity contribution is 0.628. The smallest absolute Gasteiger partial charge is 0.123 e. The van der Waals surface area contributed by atoms with Crippen LogP contribution in [-0.4, -0.2) is 35.1 Å². The highest BCUT2D eigenvalue weighted by atomic mass is 19.1. The van der Waals surface area contributed by atoms with Crippen molar-refractivity contribution in [3.63, 3.8) is 0 Å². The standard InChI is InChI=1S/C23H14FN7/c24-15-3-1-2-13(4-15)18-9-25-10-21-16(18)5-20(29-21)23-17-6-19(14-7-26-12-27-8-14)28-11-22(17)30-31-23/h1-12,29H,(H,30,31). The van der Waals surface area contributed by atoms with Crippen LogP contribution >= 0.6 is 0 Å². The van der Waals surface area contributed by atoms with Crippen LogP contribution in [0.15, 0.2) is 73.7 Å². The molecule has 148 valence electrons. The zero-order chi connectivity index (χ0) is 20.8. The first kappa shape index (κ1) is 17.4. The third-order valence-corrected chi connectivity index (χ3v) is 5.24. The number of benzene rings is 1. The first-order valence-electron chi connectivity index (χ1n) is 9.59. The summed E-state index contributed by atoms with van der Waals surface area (Å²) in [4.78, 5) is 20.3. The molecule has 0 saturated heterocycles. The average Bonchev–Trinajstić information content (AvgIpc) is 3.43. The van der Waals surface area contributed by atoms with Crippen LogP contribution in [0.2, 0.25) is 0 Å². The van der Waals surface area contributed by atoms with E-state index in [0.29, 0.717) is 0 Å². The molecule has 0 atom stereocenters. The van der Waals surface area contributed by atoms with Crippen LogP contribution in [0.25, 0.3) is 55.6 Å². The maximum atomic E-state index is 13.8. The van der Waals surface area contributed by atoms with Gasteiger partial charge in [-0.05, 0) is 29.8 Å². The lowest BCUT2D eigenvalue weighted by Gasteiger charge is -2.02. The summed E-state index contributed by atoms with van der Waals surface area (Å²) in [5, 5.41) is 9.40. The molecule has 0 unspecified atom stereocenters. The lowest BCUT2D eigenvalue weighted by Crippen LogP contribution is -1.86. The second-order valence-electron chi connectivity index (χ2n) is 7.16. The van der Waals surface area contributed by atoms with Gasteiger partial charge in [-0.25, -0.2) is 14.4 Å². The molecule has 0 fully saturated rings. The molecule has 31 heavy (non-hydrogen) atoms. The van der Waals surface area contributed by atoms with E-state index >= 15 is 0 Å². The Kier molecular flexibility index (Phi) is 3.82. The molecule has 0 aliphatic carbocycles. The summed E-state index contributed by atoms with van der Waals surface area (Å²) in [7, 11) is 0. The highest BCUT2D eigenvalue weighted by Crippen LogP contribution is 2.34. The van der Waals surface area contributed by atoms with Crippen molar-refractivity contribution in [1.82, 2.24) is 35.1 Å². The van der Waals surface area contributed by atoms with Crippen LogP contribution in [0.5, 0.6) is 0 Å². The number of nitrogens with zero attached hydrogens (tertiary/aromatic N) is 5. The summed E-state index contributed by atoms with van der Waals surface area (Å²) in [6, 6.07) is 10.5. The van der Waals surface area contributed by atoms with Crippen molar-refractivity contribution in [2.45, 2.75) is 0 Å². The van der Waals surface area contributed by atoms with Gasteiger partial charge in [-0.15, -0.1) is 0 Å². The molecule has 1 aromatic carbocycles. The first-order chi connectivity index (χ1) is 15.3. The predicted molar refractivity (Wildman–Crippen MR) is 115 cm³/mol. The van der Waals surface area contributed by atoms with Gasteiger partial charge in [0.25, 0.3) is 0 Å². The molecular weight excluding hydrogens is 393 g/mol. The number of aromatic nitrogens is 7. The Balaban J connectivity index is 1.52. The van der Waals surface area contributed by atoms with Gasteiger partial charge in [0.2, 0.25) is 0 Å². The van der Waals surface area contributed by atoms with Gasteiger partial charge in [0.15, 0.2) is 0 Å². The van der Waals surface area contributed by atoms with Gasteiger partial charge in [-0.1, -0.05) is 12.1 Å². The fourth-order valence-electron chi connectivity index (χ4n) is 3.78. The maximum Gasteiger partial charge on any atom is 0.123 e. The van der Waals surface area contributed by atoms with E-state index in [0.717, 1.165) is 55.6 Å². The summed E-state index contributed by atoms with van der Waals surface area (Å²) >= 11 is 0. The summed E-state index contributed by atoms with van der Waals surface area (Å²) in [5.74, 6) is -0.284. The SMILES string of the molecule is Fc1cccc(-c2cncc3[nH]c(-c4n[nH]c5cnc(-c6cncnc6)cc45)cc23)c1.